The van der Waals surface area contributed by atoms with E-state index in [-0.39, 0.29) is 26.8 Å². The fourth-order valence-electron chi connectivity index (χ4n) is 6.97. The molecule has 46 heavy (non-hydrogen) atoms. The van der Waals surface area contributed by atoms with E-state index in [1.807, 2.05) is 60.7 Å². The molecule has 6 heteroatoms. The normalized spacial score (nSPS) is 15.3. The number of aromatic nitrogens is 3. The van der Waals surface area contributed by atoms with Gasteiger partial charge in [-0.15, -0.1) is 35.4 Å². The van der Waals surface area contributed by atoms with Crippen LogP contribution in [-0.4, -0.2) is 20.1 Å². The average molecular weight is 775 g/mol. The van der Waals surface area contributed by atoms with Crippen LogP contribution < -0.4 is 0 Å². The van der Waals surface area contributed by atoms with Crippen LogP contribution in [0, 0.1) is 6.07 Å². The van der Waals surface area contributed by atoms with Crippen molar-refractivity contribution in [2.75, 3.05) is 0 Å². The summed E-state index contributed by atoms with van der Waals surface area (Å²) >= 11 is 0. The molecule has 1 N–H and O–H groups in total. The molecule has 0 bridgehead atoms. The minimum Gasteiger partial charge on any atom is -0.507 e. The Bertz CT molecular complexity index is 2490. The van der Waals surface area contributed by atoms with Gasteiger partial charge in [0.15, 0.2) is 0 Å². The zero-order valence-corrected chi connectivity index (χ0v) is 26.5. The van der Waals surface area contributed by atoms with E-state index < -0.39 is 5.41 Å². The zero-order chi connectivity index (χ0) is 30.8. The monoisotopic (exact) mass is 774 g/mol. The predicted octanol–water partition coefficient (Wildman–Crippen LogP) is 8.97. The molecule has 0 aliphatic heterocycles. The molecular weight excluding hydrogens is 750 g/mol. The maximum Gasteiger partial charge on any atom is 0.137 e. The van der Waals surface area contributed by atoms with E-state index in [0.717, 1.165) is 55.4 Å². The molecule has 3 aromatic heterocycles. The first-order valence-electron chi connectivity index (χ1n) is 15.2. The largest absolute Gasteiger partial charge is 0.507 e. The number of aromatic hydroxyl groups is 1. The SMILES string of the molecule is [2H]c1ccc2c(c1)C(c1[c-]c(-c3ncnc4ccoc34)ccc1)(c1cccc(-c3ccccc3O)n1)c1ccc3ccccc3c1-2.[Pt]. The number of rotatable bonds is 4. The second kappa shape index (κ2) is 10.9. The van der Waals surface area contributed by atoms with E-state index >= 15 is 0 Å². The maximum atomic E-state index is 10.8. The van der Waals surface area contributed by atoms with Gasteiger partial charge in [-0.25, -0.2) is 4.98 Å². The third-order valence-corrected chi connectivity index (χ3v) is 8.88. The number of furan rings is 1. The summed E-state index contributed by atoms with van der Waals surface area (Å²) < 4.78 is 14.6. The van der Waals surface area contributed by atoms with Gasteiger partial charge in [-0.05, 0) is 57.3 Å². The topological polar surface area (TPSA) is 72.0 Å². The fraction of sp³-hybridized carbons (Fsp3) is 0.0250. The van der Waals surface area contributed by atoms with E-state index in [4.69, 9.17) is 10.8 Å². The van der Waals surface area contributed by atoms with Gasteiger partial charge in [0.2, 0.25) is 0 Å². The van der Waals surface area contributed by atoms with E-state index in [9.17, 15) is 5.11 Å². The summed E-state index contributed by atoms with van der Waals surface area (Å²) in [5.41, 5.74) is 8.83. The number of para-hydroxylation sites is 1. The molecule has 0 radical (unpaired) electrons. The van der Waals surface area contributed by atoms with Crippen LogP contribution >= 0.6 is 0 Å². The zero-order valence-electron chi connectivity index (χ0n) is 25.2. The van der Waals surface area contributed by atoms with E-state index in [2.05, 4.69) is 64.6 Å². The molecule has 1 aliphatic rings. The molecule has 9 rings (SSSR count). The van der Waals surface area contributed by atoms with Gasteiger partial charge in [0, 0.05) is 38.4 Å². The molecule has 222 valence electrons. The van der Waals surface area contributed by atoms with Crippen LogP contribution in [-0.2, 0) is 26.5 Å². The molecule has 1 aliphatic carbocycles. The van der Waals surface area contributed by atoms with Crippen LogP contribution in [0.5, 0.6) is 5.75 Å². The van der Waals surface area contributed by atoms with Gasteiger partial charge in [0.05, 0.1) is 24.4 Å². The van der Waals surface area contributed by atoms with E-state index in [1.54, 1.807) is 24.7 Å². The van der Waals surface area contributed by atoms with Crippen molar-refractivity contribution >= 4 is 21.9 Å². The van der Waals surface area contributed by atoms with Crippen LogP contribution in [0.25, 0.3) is 55.5 Å². The molecule has 0 fully saturated rings. The first kappa shape index (κ1) is 27.0. The molecule has 0 amide bonds. The Balaban J connectivity index is 0.00000324. The van der Waals surface area contributed by atoms with Gasteiger partial charge in [0.1, 0.15) is 23.2 Å². The first-order valence-corrected chi connectivity index (χ1v) is 14.7. The third-order valence-electron chi connectivity index (χ3n) is 8.88. The minimum absolute atomic E-state index is 0. The van der Waals surface area contributed by atoms with E-state index in [1.165, 1.54) is 0 Å². The van der Waals surface area contributed by atoms with Crippen molar-refractivity contribution in [2.45, 2.75) is 5.41 Å². The summed E-state index contributed by atoms with van der Waals surface area (Å²) in [5.74, 6) is 0.160. The minimum atomic E-state index is -0.947. The Hall–Kier alpha value is -5.38. The summed E-state index contributed by atoms with van der Waals surface area (Å²) in [4.78, 5) is 14.3. The molecular formula is C40H24N3O2Pt-. The summed E-state index contributed by atoms with van der Waals surface area (Å²) in [6, 6.07) is 43.8. The summed E-state index contributed by atoms with van der Waals surface area (Å²) in [6.45, 7) is 0. The molecule has 3 heterocycles. The number of phenols is 1. The second-order valence-electron chi connectivity index (χ2n) is 11.2. The van der Waals surface area contributed by atoms with Gasteiger partial charge in [0.25, 0.3) is 0 Å². The summed E-state index contributed by atoms with van der Waals surface area (Å²) in [6.07, 6.45) is 3.16. The Kier molecular flexibility index (Phi) is 6.39. The molecule has 1 atom stereocenters. The standard InChI is InChI=1S/C40H24N3O2.Pt/c44-35-17-6-4-14-30(35)33-16-8-18-36(43-33)40(27-11-7-10-26(23-27)38-39-34(21-22-45-39)41-24-42-38)31-15-5-3-13-29(31)37-28-12-2-1-9-25(28)19-20-32(37)40;/h1-22,24,44H;/q-1;/i5D;. The van der Waals surface area contributed by atoms with Crippen molar-refractivity contribution in [1.82, 2.24) is 15.0 Å². The average Bonchev–Trinajstić information content (AvgIpc) is 3.70. The van der Waals surface area contributed by atoms with Crippen molar-refractivity contribution in [1.29, 1.82) is 0 Å². The number of hydrogen-bond acceptors (Lipinski definition) is 5. The van der Waals surface area contributed by atoms with Gasteiger partial charge in [-0.2, -0.15) is 0 Å². The molecule has 1 unspecified atom stereocenters. The molecule has 5 nitrogen and oxygen atoms in total. The maximum absolute atomic E-state index is 10.8. The van der Waals surface area contributed by atoms with Crippen LogP contribution in [0.2, 0.25) is 0 Å². The van der Waals surface area contributed by atoms with Crippen LogP contribution in [0.15, 0.2) is 144 Å². The Labute approximate surface area is 280 Å². The van der Waals surface area contributed by atoms with Gasteiger partial charge in [-0.1, -0.05) is 78.8 Å². The van der Waals surface area contributed by atoms with Gasteiger partial charge >= 0.3 is 0 Å². The number of benzene rings is 5. The van der Waals surface area contributed by atoms with Crippen molar-refractivity contribution in [3.05, 3.63) is 168 Å². The quantitative estimate of drug-likeness (QED) is 0.181. The number of pyridine rings is 1. The van der Waals surface area contributed by atoms with Gasteiger partial charge < -0.3 is 9.52 Å². The number of hydrogen-bond donors (Lipinski definition) is 1. The predicted molar refractivity (Wildman–Crippen MR) is 176 cm³/mol. The summed E-state index contributed by atoms with van der Waals surface area (Å²) in [5, 5.41) is 13.1. The number of fused-ring (bicyclic) bond motifs is 6. The number of nitrogens with zero attached hydrogens (tertiary/aromatic N) is 3. The molecule has 0 spiro atoms. The Morgan fingerprint density at radius 3 is 2.52 bits per heavy atom. The van der Waals surface area contributed by atoms with Crippen LogP contribution in [0.4, 0.5) is 0 Å². The smallest absolute Gasteiger partial charge is 0.137 e. The number of phenolic OH excluding ortho intramolecular Hbond substituents is 1. The summed E-state index contributed by atoms with van der Waals surface area (Å²) in [7, 11) is 0. The van der Waals surface area contributed by atoms with Crippen molar-refractivity contribution < 1.29 is 32.0 Å². The van der Waals surface area contributed by atoms with Crippen molar-refractivity contribution in [3.63, 3.8) is 0 Å². The molecule has 5 aromatic carbocycles. The molecule has 0 saturated carbocycles. The van der Waals surface area contributed by atoms with Crippen molar-refractivity contribution in [2.24, 2.45) is 0 Å². The second-order valence-corrected chi connectivity index (χ2v) is 11.2. The molecule has 0 saturated heterocycles. The molecule has 8 aromatic rings. The Morgan fingerprint density at radius 2 is 1.59 bits per heavy atom. The van der Waals surface area contributed by atoms with E-state index in [0.29, 0.717) is 28.6 Å². The van der Waals surface area contributed by atoms with Crippen molar-refractivity contribution in [3.8, 4) is 39.4 Å². The third kappa shape index (κ3) is 4.02. The fourth-order valence-corrected chi connectivity index (χ4v) is 6.97. The van der Waals surface area contributed by atoms with Gasteiger partial charge in [-0.3, -0.25) is 9.97 Å². The van der Waals surface area contributed by atoms with Crippen LogP contribution in [0.3, 0.4) is 0 Å². The Morgan fingerprint density at radius 1 is 0.739 bits per heavy atom. The first-order chi connectivity index (χ1) is 22.6. The van der Waals surface area contributed by atoms with Crippen LogP contribution in [0.1, 0.15) is 23.8 Å².